The number of hydrogen-bond donors (Lipinski definition) is 6. The fraction of sp³-hybridized carbons (Fsp3) is 0.647. The summed E-state index contributed by atoms with van der Waals surface area (Å²) in [5, 5.41) is 26.4. The number of Topliss-reactive ketones (excluding diaryl/α,β-unsaturated/α-hetero) is 1. The van der Waals surface area contributed by atoms with Crippen LogP contribution in [0.15, 0.2) is 24.4 Å². The number of nitrogen functional groups attached to an aromatic ring is 1. The second-order valence-corrected chi connectivity index (χ2v) is 13.9. The van der Waals surface area contributed by atoms with Crippen LogP contribution in [-0.2, 0) is 48.1 Å². The van der Waals surface area contributed by atoms with Crippen LogP contribution in [0.25, 0.3) is 0 Å². The van der Waals surface area contributed by atoms with Crippen LogP contribution in [0.5, 0.6) is 0 Å². The number of carbonyl (C=O) groups is 4. The molecule has 0 unspecified atom stereocenters. The molecule has 1 aromatic carbocycles. The number of carbonyl (C=O) groups excluding carboxylic acids is 3. The average Bonchev–Trinajstić information content (AvgIpc) is 3.83. The number of ether oxygens (including phenoxy) is 4. The summed E-state index contributed by atoms with van der Waals surface area (Å²) < 4.78 is 24.1. The van der Waals surface area contributed by atoms with Gasteiger partial charge in [0, 0.05) is 48.2 Å². The van der Waals surface area contributed by atoms with E-state index in [9.17, 15) is 19.2 Å². The molecule has 0 aliphatic carbocycles. The number of hydrogen-bond acceptors (Lipinski definition) is 13. The Kier molecular flexibility index (Phi) is 17.6. The zero-order valence-electron chi connectivity index (χ0n) is 29.5. The fourth-order valence-electron chi connectivity index (χ4n) is 5.81. The van der Waals surface area contributed by atoms with Gasteiger partial charge in [-0.25, -0.2) is 9.48 Å². The van der Waals surface area contributed by atoms with Gasteiger partial charge < -0.3 is 51.5 Å². The van der Waals surface area contributed by atoms with Gasteiger partial charge in [-0.05, 0) is 43.4 Å². The zero-order chi connectivity index (χ0) is 37.1. The normalized spacial score (nSPS) is 18.5. The van der Waals surface area contributed by atoms with Crippen LogP contribution in [0, 0.1) is 0 Å². The Bertz CT molecular complexity index is 1450. The van der Waals surface area contributed by atoms with Crippen LogP contribution in [0.4, 0.5) is 10.5 Å². The molecule has 17 nitrogen and oxygen atoms in total. The number of aliphatic carboxylic acids is 1. The van der Waals surface area contributed by atoms with Crippen molar-refractivity contribution in [3.05, 3.63) is 41.2 Å². The Morgan fingerprint density at radius 3 is 2.56 bits per heavy atom. The van der Waals surface area contributed by atoms with Gasteiger partial charge in [0.25, 0.3) is 0 Å². The highest BCUT2D eigenvalue weighted by atomic mass is 32.2. The molecule has 0 radical (unpaired) electrons. The molecule has 52 heavy (non-hydrogen) atoms. The lowest BCUT2D eigenvalue weighted by molar-refractivity contribution is -0.138. The number of aryl methyl sites for hydroxylation is 1. The maximum atomic E-state index is 12.3. The smallest absolute Gasteiger partial charge is 0.320 e. The predicted octanol–water partition coefficient (Wildman–Crippen LogP) is 0.886. The maximum Gasteiger partial charge on any atom is 0.320 e. The maximum absolute atomic E-state index is 12.3. The van der Waals surface area contributed by atoms with Crippen molar-refractivity contribution < 1.29 is 43.2 Å². The fourth-order valence-corrected chi connectivity index (χ4v) is 7.36. The van der Waals surface area contributed by atoms with Crippen LogP contribution in [-0.4, -0.2) is 126 Å². The first-order valence-electron chi connectivity index (χ1n) is 17.7. The van der Waals surface area contributed by atoms with Gasteiger partial charge >= 0.3 is 12.0 Å². The number of urea groups is 1. The average molecular weight is 749 g/mol. The zero-order valence-corrected chi connectivity index (χ0v) is 30.3. The van der Waals surface area contributed by atoms with Crippen molar-refractivity contribution in [1.82, 2.24) is 30.9 Å². The number of ketones is 1. The number of nitrogens with one attached hydrogen (secondary N) is 3. The molecule has 3 amide bonds. The molecule has 2 fully saturated rings. The molecule has 4 atom stereocenters. The van der Waals surface area contributed by atoms with E-state index in [0.717, 1.165) is 37.0 Å². The van der Waals surface area contributed by atoms with Crippen molar-refractivity contribution in [3.8, 4) is 0 Å². The van der Waals surface area contributed by atoms with Crippen molar-refractivity contribution in [2.24, 2.45) is 5.73 Å². The Morgan fingerprint density at radius 2 is 1.79 bits per heavy atom. The van der Waals surface area contributed by atoms with E-state index in [0.29, 0.717) is 95.4 Å². The van der Waals surface area contributed by atoms with Crippen molar-refractivity contribution >= 4 is 41.1 Å². The quantitative estimate of drug-likeness (QED) is 0.0322. The number of benzene rings is 1. The molecule has 2 aromatic rings. The minimum Gasteiger partial charge on any atom is -0.480 e. The summed E-state index contributed by atoms with van der Waals surface area (Å²) >= 11 is 1.89. The topological polar surface area (TPSA) is 244 Å². The third-order valence-corrected chi connectivity index (χ3v) is 10.1. The number of carboxylic acid groups (broad SMARTS) is 1. The molecule has 2 aliphatic rings. The van der Waals surface area contributed by atoms with Gasteiger partial charge in [0.05, 0.1) is 71.1 Å². The number of fused-ring (bicyclic) bond motifs is 1. The third kappa shape index (κ3) is 14.3. The van der Waals surface area contributed by atoms with E-state index in [-0.39, 0.29) is 36.0 Å². The molecule has 2 aliphatic heterocycles. The standard InChI is InChI=1S/C34H52N8O9S/c35-26-18-23(7-8-25(26)29(43)19-27(36)33(45)46)4-3-11-51-21-24-20-42(41-40-24)10-13-49-15-17-50-16-14-48-12-9-37-31(44)6-2-1-5-30-32-28(22-52-30)38-34(47)39-32/h7-8,18,20,27-28,30,32H,1-6,9-17,19,21-22,35-36H2,(H,37,44)(H,45,46)(H2,38,39,47)/t27-,28-,30-,32-/m0/s1. The summed E-state index contributed by atoms with van der Waals surface area (Å²) in [5.74, 6) is -0.655. The number of carboxylic acids is 1. The van der Waals surface area contributed by atoms with Gasteiger partial charge in [-0.2, -0.15) is 11.8 Å². The SMILES string of the molecule is Nc1cc(CCCOCc2cn(CCOCCOCCOCCNC(=O)CCCC[C@@H]3SC[C@@H]4NC(=O)N[C@@H]43)nn2)ccc1C(=O)C[C@H](N)C(=O)O. The monoisotopic (exact) mass is 748 g/mol. The van der Waals surface area contributed by atoms with Crippen LogP contribution < -0.4 is 27.4 Å². The highest BCUT2D eigenvalue weighted by Crippen LogP contribution is 2.33. The third-order valence-electron chi connectivity index (χ3n) is 8.59. The summed E-state index contributed by atoms with van der Waals surface area (Å²) in [4.78, 5) is 46.7. The molecule has 1 aromatic heterocycles. The van der Waals surface area contributed by atoms with E-state index < -0.39 is 17.8 Å². The van der Waals surface area contributed by atoms with Crippen LogP contribution in [0.1, 0.15) is 60.1 Å². The van der Waals surface area contributed by atoms with E-state index in [1.54, 1.807) is 22.9 Å². The first-order valence-corrected chi connectivity index (χ1v) is 18.8. The first kappa shape index (κ1) is 41.0. The largest absolute Gasteiger partial charge is 0.480 e. The highest BCUT2D eigenvalue weighted by Gasteiger charge is 2.42. The minimum absolute atomic E-state index is 0.0279. The summed E-state index contributed by atoms with van der Waals surface area (Å²) in [6, 6.07) is 4.23. The van der Waals surface area contributed by atoms with Gasteiger partial charge in [0.15, 0.2) is 5.78 Å². The Morgan fingerprint density at radius 1 is 1.02 bits per heavy atom. The second kappa shape index (κ2) is 22.3. The lowest BCUT2D eigenvalue weighted by atomic mass is 9.99. The Balaban J connectivity index is 0.907. The summed E-state index contributed by atoms with van der Waals surface area (Å²) in [5.41, 5.74) is 13.7. The van der Waals surface area contributed by atoms with E-state index in [1.807, 2.05) is 18.0 Å². The summed E-state index contributed by atoms with van der Waals surface area (Å²) in [7, 11) is 0. The number of aromatic nitrogens is 3. The van der Waals surface area contributed by atoms with E-state index >= 15 is 0 Å². The molecular formula is C34H52N8O9S. The van der Waals surface area contributed by atoms with Crippen LogP contribution in [0.2, 0.25) is 0 Å². The molecule has 0 bridgehead atoms. The van der Waals surface area contributed by atoms with Gasteiger partial charge in [-0.1, -0.05) is 17.7 Å². The van der Waals surface area contributed by atoms with E-state index in [4.69, 9.17) is 35.5 Å². The number of nitrogens with two attached hydrogens (primary N) is 2. The highest BCUT2D eigenvalue weighted by molar-refractivity contribution is 8.00. The Labute approximate surface area is 307 Å². The van der Waals surface area contributed by atoms with Gasteiger partial charge in [-0.3, -0.25) is 14.4 Å². The van der Waals surface area contributed by atoms with E-state index in [1.165, 1.54) is 0 Å². The molecule has 4 rings (SSSR count). The van der Waals surface area contributed by atoms with Crippen molar-refractivity contribution in [3.63, 3.8) is 0 Å². The number of amides is 3. The number of nitrogens with zero attached hydrogens (tertiary/aromatic N) is 3. The van der Waals surface area contributed by atoms with Gasteiger partial charge in [0.2, 0.25) is 5.91 Å². The molecule has 8 N–H and O–H groups in total. The van der Waals surface area contributed by atoms with Crippen LogP contribution in [0.3, 0.4) is 0 Å². The molecule has 3 heterocycles. The molecule has 2 saturated heterocycles. The molecule has 0 spiro atoms. The molecule has 18 heteroatoms. The van der Waals surface area contributed by atoms with Crippen molar-refractivity contribution in [2.75, 3.05) is 64.3 Å². The number of thioether (sulfide) groups is 1. The summed E-state index contributed by atoms with van der Waals surface area (Å²) in [6.45, 7) is 4.47. The molecule has 288 valence electrons. The van der Waals surface area contributed by atoms with Crippen molar-refractivity contribution in [2.45, 2.75) is 81.5 Å². The molecular weight excluding hydrogens is 696 g/mol. The number of unbranched alkanes of at least 4 members (excludes halogenated alkanes) is 1. The minimum atomic E-state index is -1.26. The predicted molar refractivity (Wildman–Crippen MR) is 193 cm³/mol. The molecule has 0 saturated carbocycles. The second-order valence-electron chi connectivity index (χ2n) is 12.7. The lowest BCUT2D eigenvalue weighted by Gasteiger charge is -2.16. The van der Waals surface area contributed by atoms with Gasteiger partial charge in [0.1, 0.15) is 11.7 Å². The summed E-state index contributed by atoms with van der Waals surface area (Å²) in [6.07, 6.45) is 6.21. The first-order chi connectivity index (χ1) is 25.2. The van der Waals surface area contributed by atoms with Gasteiger partial charge in [-0.15, -0.1) is 5.10 Å². The van der Waals surface area contributed by atoms with Crippen molar-refractivity contribution in [1.29, 1.82) is 0 Å². The number of rotatable bonds is 27. The lowest BCUT2D eigenvalue weighted by Crippen LogP contribution is -2.36. The van der Waals surface area contributed by atoms with Crippen LogP contribution >= 0.6 is 11.8 Å². The Hall–Kier alpha value is -3.81. The number of anilines is 1. The van der Waals surface area contributed by atoms with E-state index in [2.05, 4.69) is 26.3 Å².